The second-order valence-electron chi connectivity index (χ2n) is 4.45. The minimum atomic E-state index is -1.19. The molecular formula is C12H13ClN2O5. The second-order valence-corrected chi connectivity index (χ2v) is 4.86. The van der Waals surface area contributed by atoms with Gasteiger partial charge in [-0.1, -0.05) is 25.4 Å². The van der Waals surface area contributed by atoms with E-state index >= 15 is 0 Å². The average Bonchev–Trinajstić information content (AvgIpc) is 2.34. The summed E-state index contributed by atoms with van der Waals surface area (Å²) in [6.45, 7) is 3.27. The molecular weight excluding hydrogens is 288 g/mol. The molecule has 0 saturated carbocycles. The summed E-state index contributed by atoms with van der Waals surface area (Å²) in [5, 5.41) is 22.0. The van der Waals surface area contributed by atoms with Crippen LogP contribution in [0.4, 0.5) is 5.69 Å². The van der Waals surface area contributed by atoms with E-state index in [1.165, 1.54) is 6.07 Å². The second kappa shape index (κ2) is 6.33. The Morgan fingerprint density at radius 2 is 2.00 bits per heavy atom. The van der Waals surface area contributed by atoms with E-state index in [1.807, 2.05) is 0 Å². The van der Waals surface area contributed by atoms with Crippen LogP contribution in [0.15, 0.2) is 18.2 Å². The quantitative estimate of drug-likeness (QED) is 0.639. The fourth-order valence-electron chi connectivity index (χ4n) is 1.53. The minimum Gasteiger partial charge on any atom is -0.480 e. The molecule has 0 spiro atoms. The number of benzene rings is 1. The third-order valence-corrected chi connectivity index (χ3v) is 2.95. The Morgan fingerprint density at radius 1 is 1.40 bits per heavy atom. The number of nitro groups is 1. The van der Waals surface area contributed by atoms with Gasteiger partial charge in [0.05, 0.1) is 15.5 Å². The van der Waals surface area contributed by atoms with Gasteiger partial charge in [0.15, 0.2) is 0 Å². The predicted octanol–water partition coefficient (Wildman–Crippen LogP) is 2.09. The van der Waals surface area contributed by atoms with Gasteiger partial charge >= 0.3 is 5.97 Å². The van der Waals surface area contributed by atoms with Gasteiger partial charge in [0, 0.05) is 12.1 Å². The van der Waals surface area contributed by atoms with Crippen molar-refractivity contribution in [2.75, 3.05) is 0 Å². The monoisotopic (exact) mass is 300 g/mol. The third-order valence-electron chi connectivity index (χ3n) is 2.62. The Kier molecular flexibility index (Phi) is 5.04. The zero-order chi connectivity index (χ0) is 15.4. The van der Waals surface area contributed by atoms with Gasteiger partial charge in [0.25, 0.3) is 11.6 Å². The van der Waals surface area contributed by atoms with Crippen LogP contribution in [0.3, 0.4) is 0 Å². The Bertz CT molecular complexity index is 559. The van der Waals surface area contributed by atoms with E-state index in [1.54, 1.807) is 13.8 Å². The summed E-state index contributed by atoms with van der Waals surface area (Å²) < 4.78 is 0. The lowest BCUT2D eigenvalue weighted by molar-refractivity contribution is -0.384. The first-order valence-corrected chi connectivity index (χ1v) is 6.09. The maximum Gasteiger partial charge on any atom is 0.326 e. The Hall–Kier alpha value is -2.15. The molecule has 0 aromatic heterocycles. The third kappa shape index (κ3) is 3.67. The lowest BCUT2D eigenvalue weighted by Gasteiger charge is -2.18. The van der Waals surface area contributed by atoms with Crippen LogP contribution in [0.25, 0.3) is 0 Å². The van der Waals surface area contributed by atoms with Crippen LogP contribution < -0.4 is 5.32 Å². The molecule has 20 heavy (non-hydrogen) atoms. The van der Waals surface area contributed by atoms with E-state index in [0.717, 1.165) is 12.1 Å². The first-order chi connectivity index (χ1) is 9.23. The standard InChI is InChI=1S/C12H13ClN2O5/c1-6(2)10(12(17)18)14-11(16)8-5-7(15(19)20)3-4-9(8)13/h3-6,10H,1-2H3,(H,14,16)(H,17,18). The van der Waals surface area contributed by atoms with Gasteiger partial charge in [-0.05, 0) is 12.0 Å². The van der Waals surface area contributed by atoms with Crippen molar-refractivity contribution in [3.05, 3.63) is 38.9 Å². The SMILES string of the molecule is CC(C)C(NC(=O)c1cc([N+](=O)[O-])ccc1Cl)C(=O)O. The zero-order valence-electron chi connectivity index (χ0n) is 10.8. The highest BCUT2D eigenvalue weighted by molar-refractivity contribution is 6.34. The highest BCUT2D eigenvalue weighted by Gasteiger charge is 2.25. The molecule has 108 valence electrons. The topological polar surface area (TPSA) is 110 Å². The Balaban J connectivity index is 3.05. The van der Waals surface area contributed by atoms with Gasteiger partial charge in [-0.15, -0.1) is 0 Å². The van der Waals surface area contributed by atoms with Gasteiger partial charge in [-0.2, -0.15) is 0 Å². The normalized spacial score (nSPS) is 12.0. The van der Waals surface area contributed by atoms with Crippen molar-refractivity contribution in [3.8, 4) is 0 Å². The van der Waals surface area contributed by atoms with Crippen LogP contribution in [0.5, 0.6) is 0 Å². The number of carboxylic acid groups (broad SMARTS) is 1. The van der Waals surface area contributed by atoms with E-state index in [0.29, 0.717) is 0 Å². The fourth-order valence-corrected chi connectivity index (χ4v) is 1.74. The van der Waals surface area contributed by atoms with Crippen LogP contribution >= 0.6 is 11.6 Å². The number of carboxylic acids is 1. The number of hydrogen-bond donors (Lipinski definition) is 2. The molecule has 0 heterocycles. The number of halogens is 1. The van der Waals surface area contributed by atoms with E-state index in [9.17, 15) is 19.7 Å². The van der Waals surface area contributed by atoms with E-state index in [2.05, 4.69) is 5.32 Å². The molecule has 0 aliphatic carbocycles. The number of carbonyl (C=O) groups is 2. The summed E-state index contributed by atoms with van der Waals surface area (Å²) in [5.74, 6) is -2.29. The van der Waals surface area contributed by atoms with Crippen molar-refractivity contribution in [3.63, 3.8) is 0 Å². The maximum absolute atomic E-state index is 12.0. The summed E-state index contributed by atoms with van der Waals surface area (Å²) in [6, 6.07) is 2.30. The number of aliphatic carboxylic acids is 1. The molecule has 0 aliphatic rings. The van der Waals surface area contributed by atoms with Gasteiger partial charge in [0.2, 0.25) is 0 Å². The van der Waals surface area contributed by atoms with Crippen LogP contribution in [0.1, 0.15) is 24.2 Å². The van der Waals surface area contributed by atoms with Crippen molar-refractivity contribution in [1.82, 2.24) is 5.32 Å². The number of nitro benzene ring substituents is 1. The number of nitrogens with one attached hydrogen (secondary N) is 1. The van der Waals surface area contributed by atoms with Crippen molar-refractivity contribution in [2.45, 2.75) is 19.9 Å². The summed E-state index contributed by atoms with van der Waals surface area (Å²) in [7, 11) is 0. The predicted molar refractivity (Wildman–Crippen MR) is 71.8 cm³/mol. The van der Waals surface area contributed by atoms with E-state index in [4.69, 9.17) is 16.7 Å². The summed E-state index contributed by atoms with van der Waals surface area (Å²) in [6.07, 6.45) is 0. The Labute approximate surface area is 119 Å². The van der Waals surface area contributed by atoms with Gasteiger partial charge in [-0.25, -0.2) is 4.79 Å². The van der Waals surface area contributed by atoms with Crippen LogP contribution in [0.2, 0.25) is 5.02 Å². The number of amides is 1. The maximum atomic E-state index is 12.0. The summed E-state index contributed by atoms with van der Waals surface area (Å²) in [5.41, 5.74) is -0.427. The van der Waals surface area contributed by atoms with Crippen LogP contribution in [0, 0.1) is 16.0 Å². The molecule has 1 rings (SSSR count). The molecule has 1 amide bonds. The van der Waals surface area contributed by atoms with Crippen LogP contribution in [-0.2, 0) is 4.79 Å². The molecule has 0 radical (unpaired) electrons. The number of carbonyl (C=O) groups excluding carboxylic acids is 1. The first kappa shape index (κ1) is 15.9. The highest BCUT2D eigenvalue weighted by atomic mass is 35.5. The Morgan fingerprint density at radius 3 is 2.45 bits per heavy atom. The first-order valence-electron chi connectivity index (χ1n) is 5.71. The molecule has 7 nitrogen and oxygen atoms in total. The fraction of sp³-hybridized carbons (Fsp3) is 0.333. The number of nitrogens with zero attached hydrogens (tertiary/aromatic N) is 1. The zero-order valence-corrected chi connectivity index (χ0v) is 11.5. The molecule has 1 aromatic carbocycles. The smallest absolute Gasteiger partial charge is 0.326 e. The summed E-state index contributed by atoms with van der Waals surface area (Å²) >= 11 is 5.81. The van der Waals surface area contributed by atoms with Crippen LogP contribution in [-0.4, -0.2) is 27.9 Å². The number of hydrogen-bond acceptors (Lipinski definition) is 4. The number of rotatable bonds is 5. The lowest BCUT2D eigenvalue weighted by Crippen LogP contribution is -2.44. The van der Waals surface area contributed by atoms with E-state index < -0.39 is 22.8 Å². The molecule has 1 aromatic rings. The summed E-state index contributed by atoms with van der Waals surface area (Å²) in [4.78, 5) is 33.0. The molecule has 2 N–H and O–H groups in total. The average molecular weight is 301 g/mol. The van der Waals surface area contributed by atoms with Crippen molar-refractivity contribution < 1.29 is 19.6 Å². The molecule has 0 aliphatic heterocycles. The van der Waals surface area contributed by atoms with Crippen molar-refractivity contribution >= 4 is 29.2 Å². The van der Waals surface area contributed by atoms with Crippen molar-refractivity contribution in [2.24, 2.45) is 5.92 Å². The minimum absolute atomic E-state index is 0.0148. The lowest BCUT2D eigenvalue weighted by atomic mass is 10.0. The molecule has 0 bridgehead atoms. The van der Waals surface area contributed by atoms with Gasteiger partial charge < -0.3 is 10.4 Å². The van der Waals surface area contributed by atoms with Crippen molar-refractivity contribution in [1.29, 1.82) is 0 Å². The number of non-ortho nitro benzene ring substituents is 1. The molecule has 0 saturated heterocycles. The molecule has 0 fully saturated rings. The molecule has 1 atom stereocenters. The largest absolute Gasteiger partial charge is 0.480 e. The molecule has 8 heteroatoms. The highest BCUT2D eigenvalue weighted by Crippen LogP contribution is 2.22. The van der Waals surface area contributed by atoms with E-state index in [-0.39, 0.29) is 22.2 Å². The van der Waals surface area contributed by atoms with Gasteiger partial charge in [0.1, 0.15) is 6.04 Å². The van der Waals surface area contributed by atoms with Gasteiger partial charge in [-0.3, -0.25) is 14.9 Å². The molecule has 1 unspecified atom stereocenters.